The number of amides is 1. The van der Waals surface area contributed by atoms with Gasteiger partial charge in [-0.3, -0.25) is 9.69 Å². The van der Waals surface area contributed by atoms with E-state index in [2.05, 4.69) is 26.4 Å². The molecule has 0 saturated carbocycles. The Morgan fingerprint density at radius 3 is 2.59 bits per heavy atom. The van der Waals surface area contributed by atoms with E-state index >= 15 is 0 Å². The first-order valence-electron chi connectivity index (χ1n) is 8.87. The summed E-state index contributed by atoms with van der Waals surface area (Å²) >= 11 is 0. The first kappa shape index (κ1) is 18.7. The van der Waals surface area contributed by atoms with Crippen molar-refractivity contribution in [2.24, 2.45) is 5.10 Å². The molecule has 1 amide bonds. The number of anilines is 1. The molecular weight excluding hydrogens is 344 g/mol. The van der Waals surface area contributed by atoms with Gasteiger partial charge in [-0.2, -0.15) is 5.10 Å². The molecule has 27 heavy (non-hydrogen) atoms. The molecule has 2 aromatic rings. The fourth-order valence-corrected chi connectivity index (χ4v) is 3.05. The highest BCUT2D eigenvalue weighted by Crippen LogP contribution is 2.28. The molecule has 0 radical (unpaired) electrons. The van der Waals surface area contributed by atoms with Gasteiger partial charge in [0.05, 0.1) is 25.6 Å². The van der Waals surface area contributed by atoms with E-state index in [1.54, 1.807) is 31.4 Å². The van der Waals surface area contributed by atoms with E-state index in [0.29, 0.717) is 5.56 Å². The van der Waals surface area contributed by atoms with Crippen LogP contribution in [0.4, 0.5) is 5.69 Å². The van der Waals surface area contributed by atoms with Crippen LogP contribution < -0.4 is 15.1 Å². The highest BCUT2D eigenvalue weighted by Gasteiger charge is 2.20. The maximum Gasteiger partial charge on any atom is 0.254 e. The fraction of sp³-hybridized carbons (Fsp3) is 0.300. The number of benzene rings is 2. The highest BCUT2D eigenvalue weighted by atomic mass is 16.5. The largest absolute Gasteiger partial charge is 0.507 e. The second-order valence-electron chi connectivity index (χ2n) is 6.29. The van der Waals surface area contributed by atoms with Crippen LogP contribution in [0.3, 0.4) is 0 Å². The number of aromatic hydroxyl groups is 1. The van der Waals surface area contributed by atoms with E-state index < -0.39 is 0 Å². The van der Waals surface area contributed by atoms with Gasteiger partial charge in [0.15, 0.2) is 0 Å². The smallest absolute Gasteiger partial charge is 0.254 e. The van der Waals surface area contributed by atoms with E-state index in [1.807, 2.05) is 18.2 Å². The molecule has 3 rings (SSSR count). The molecule has 1 aliphatic rings. The Morgan fingerprint density at radius 1 is 1.15 bits per heavy atom. The van der Waals surface area contributed by atoms with Gasteiger partial charge in [0, 0.05) is 31.7 Å². The summed E-state index contributed by atoms with van der Waals surface area (Å²) in [5.74, 6) is 0.817. The predicted molar refractivity (Wildman–Crippen MR) is 105 cm³/mol. The van der Waals surface area contributed by atoms with Crippen molar-refractivity contribution in [1.82, 2.24) is 10.3 Å². The zero-order valence-corrected chi connectivity index (χ0v) is 15.3. The number of hydrogen-bond acceptors (Lipinski definition) is 6. The lowest BCUT2D eigenvalue weighted by Crippen LogP contribution is -2.49. The lowest BCUT2D eigenvalue weighted by molar-refractivity contribution is -0.122. The Bertz CT molecular complexity index is 801. The Labute approximate surface area is 158 Å². The molecule has 0 bridgehead atoms. The van der Waals surface area contributed by atoms with Gasteiger partial charge in [0.25, 0.3) is 5.91 Å². The standard InChI is InChI=1S/C20H24N4O3/c1-27-19-9-5-3-7-17(19)24-12-10-23(11-13-24)15-20(26)22-21-14-16-6-2-4-8-18(16)25/h2-9,14,25H,10-13,15H2,1H3,(H,22,26)/b21-14+. The topological polar surface area (TPSA) is 77.4 Å². The summed E-state index contributed by atoms with van der Waals surface area (Å²) in [5.41, 5.74) is 4.15. The van der Waals surface area contributed by atoms with E-state index in [9.17, 15) is 9.90 Å². The predicted octanol–water partition coefficient (Wildman–Crippen LogP) is 1.67. The number of phenolic OH excluding ortho intramolecular Hbond substituents is 1. The lowest BCUT2D eigenvalue weighted by atomic mass is 10.2. The van der Waals surface area contributed by atoms with E-state index in [0.717, 1.165) is 37.6 Å². The highest BCUT2D eigenvalue weighted by molar-refractivity contribution is 5.85. The number of ether oxygens (including phenoxy) is 1. The molecule has 1 saturated heterocycles. The second-order valence-corrected chi connectivity index (χ2v) is 6.29. The molecule has 1 fully saturated rings. The zero-order chi connectivity index (χ0) is 19.1. The van der Waals surface area contributed by atoms with Gasteiger partial charge < -0.3 is 14.7 Å². The third-order valence-electron chi connectivity index (χ3n) is 4.50. The van der Waals surface area contributed by atoms with Crippen molar-refractivity contribution >= 4 is 17.8 Å². The van der Waals surface area contributed by atoms with Crippen LogP contribution in [0, 0.1) is 0 Å². The summed E-state index contributed by atoms with van der Waals surface area (Å²) in [7, 11) is 1.68. The maximum atomic E-state index is 12.1. The molecule has 142 valence electrons. The monoisotopic (exact) mass is 368 g/mol. The van der Waals surface area contributed by atoms with Crippen LogP contribution in [0.25, 0.3) is 0 Å². The average molecular weight is 368 g/mol. The minimum Gasteiger partial charge on any atom is -0.507 e. The van der Waals surface area contributed by atoms with Crippen molar-refractivity contribution < 1.29 is 14.6 Å². The maximum absolute atomic E-state index is 12.1. The van der Waals surface area contributed by atoms with Gasteiger partial charge in [0.2, 0.25) is 0 Å². The average Bonchev–Trinajstić information content (AvgIpc) is 2.70. The summed E-state index contributed by atoms with van der Waals surface area (Å²) in [4.78, 5) is 16.4. The molecule has 2 aromatic carbocycles. The quantitative estimate of drug-likeness (QED) is 0.599. The van der Waals surface area contributed by atoms with Crippen molar-refractivity contribution in [3.8, 4) is 11.5 Å². The first-order valence-corrected chi connectivity index (χ1v) is 8.87. The Morgan fingerprint density at radius 2 is 1.85 bits per heavy atom. The third kappa shape index (κ3) is 4.98. The number of para-hydroxylation sites is 3. The van der Waals surface area contributed by atoms with Crippen LogP contribution in [0.5, 0.6) is 11.5 Å². The third-order valence-corrected chi connectivity index (χ3v) is 4.50. The van der Waals surface area contributed by atoms with Gasteiger partial charge in [-0.1, -0.05) is 24.3 Å². The van der Waals surface area contributed by atoms with Gasteiger partial charge >= 0.3 is 0 Å². The van der Waals surface area contributed by atoms with Crippen LogP contribution in [0.15, 0.2) is 53.6 Å². The van der Waals surface area contributed by atoms with Crippen molar-refractivity contribution in [2.75, 3.05) is 44.7 Å². The van der Waals surface area contributed by atoms with Gasteiger partial charge in [-0.05, 0) is 24.3 Å². The minimum atomic E-state index is -0.174. The SMILES string of the molecule is COc1ccccc1N1CCN(CC(=O)N/N=C/c2ccccc2O)CC1. The number of methoxy groups -OCH3 is 1. The van der Waals surface area contributed by atoms with E-state index in [4.69, 9.17) is 4.74 Å². The van der Waals surface area contributed by atoms with Gasteiger partial charge in [0.1, 0.15) is 11.5 Å². The molecule has 1 aliphatic heterocycles. The molecule has 0 aliphatic carbocycles. The summed E-state index contributed by atoms with van der Waals surface area (Å²) in [5, 5.41) is 13.6. The fourth-order valence-electron chi connectivity index (χ4n) is 3.05. The van der Waals surface area contributed by atoms with Crippen molar-refractivity contribution in [3.05, 3.63) is 54.1 Å². The molecule has 7 nitrogen and oxygen atoms in total. The number of hydrogen-bond donors (Lipinski definition) is 2. The number of nitrogens with zero attached hydrogens (tertiary/aromatic N) is 3. The first-order chi connectivity index (χ1) is 13.2. The molecule has 0 aromatic heterocycles. The number of piperazine rings is 1. The normalized spacial score (nSPS) is 15.1. The molecule has 1 heterocycles. The molecular formula is C20H24N4O3. The molecule has 0 unspecified atom stereocenters. The number of carbonyl (C=O) groups excluding carboxylic acids is 1. The van der Waals surface area contributed by atoms with Crippen LogP contribution in [0.2, 0.25) is 0 Å². The van der Waals surface area contributed by atoms with Crippen molar-refractivity contribution in [1.29, 1.82) is 0 Å². The Balaban J connectivity index is 1.46. The Kier molecular flexibility index (Phi) is 6.27. The summed E-state index contributed by atoms with van der Waals surface area (Å²) in [6.45, 7) is 3.52. The number of rotatable bonds is 6. The number of carbonyl (C=O) groups is 1. The zero-order valence-electron chi connectivity index (χ0n) is 15.3. The Hall–Kier alpha value is -3.06. The van der Waals surface area contributed by atoms with E-state index in [1.165, 1.54) is 6.21 Å². The molecule has 2 N–H and O–H groups in total. The molecule has 0 spiro atoms. The summed E-state index contributed by atoms with van der Waals surface area (Å²) in [6, 6.07) is 14.8. The van der Waals surface area contributed by atoms with Crippen molar-refractivity contribution in [2.45, 2.75) is 0 Å². The second kappa shape index (κ2) is 9.05. The molecule has 0 atom stereocenters. The van der Waals surface area contributed by atoms with Gasteiger partial charge in [-0.25, -0.2) is 5.43 Å². The van der Waals surface area contributed by atoms with Crippen LogP contribution in [0.1, 0.15) is 5.56 Å². The van der Waals surface area contributed by atoms with Crippen molar-refractivity contribution in [3.63, 3.8) is 0 Å². The number of phenols is 1. The van der Waals surface area contributed by atoms with Crippen LogP contribution in [-0.4, -0.2) is 62.0 Å². The van der Waals surface area contributed by atoms with E-state index in [-0.39, 0.29) is 18.2 Å². The summed E-state index contributed by atoms with van der Waals surface area (Å²) in [6.07, 6.45) is 1.44. The minimum absolute atomic E-state index is 0.128. The van der Waals surface area contributed by atoms with Crippen LogP contribution >= 0.6 is 0 Å². The molecule has 7 heteroatoms. The number of nitrogens with one attached hydrogen (secondary N) is 1. The number of hydrazone groups is 1. The van der Waals surface area contributed by atoms with Crippen LogP contribution in [-0.2, 0) is 4.79 Å². The van der Waals surface area contributed by atoms with Gasteiger partial charge in [-0.15, -0.1) is 0 Å². The summed E-state index contributed by atoms with van der Waals surface area (Å²) < 4.78 is 5.43. The lowest BCUT2D eigenvalue weighted by Gasteiger charge is -2.36.